The Morgan fingerprint density at radius 2 is 1.41 bits per heavy atom. The summed E-state index contributed by atoms with van der Waals surface area (Å²) >= 11 is 0. The van der Waals surface area contributed by atoms with Crippen LogP contribution in [0, 0.1) is 18.1 Å². The summed E-state index contributed by atoms with van der Waals surface area (Å²) in [7, 11) is 0. The predicted molar refractivity (Wildman–Crippen MR) is 110 cm³/mol. The molecule has 2 aromatic rings. The molecule has 1 aliphatic rings. The summed E-state index contributed by atoms with van der Waals surface area (Å²) < 4.78 is 0. The number of hydrogen-bond acceptors (Lipinski definition) is 2. The molecular formula is C25H32O2. The standard InChI is InChI=1S/C25H32O2/c1-20-8-4-2-6-18-25(19-7-3-5-9-20,21-10-14-23(26)15-11-21)22-12-16-24(27)17-13-22/h10-12,14-16,20,26-27H,2-9,18-19H2,1H3. The summed E-state index contributed by atoms with van der Waals surface area (Å²) in [5.41, 5.74) is 2.22. The van der Waals surface area contributed by atoms with Gasteiger partial charge in [0.2, 0.25) is 0 Å². The fourth-order valence-corrected chi connectivity index (χ4v) is 4.61. The van der Waals surface area contributed by atoms with Gasteiger partial charge >= 0.3 is 0 Å². The summed E-state index contributed by atoms with van der Waals surface area (Å²) in [4.78, 5) is 0. The van der Waals surface area contributed by atoms with Crippen molar-refractivity contribution in [3.8, 4) is 11.5 Å². The predicted octanol–water partition coefficient (Wildman–Crippen LogP) is 6.53. The zero-order valence-corrected chi connectivity index (χ0v) is 16.5. The van der Waals surface area contributed by atoms with Crippen LogP contribution in [-0.4, -0.2) is 10.2 Å². The quantitative estimate of drug-likeness (QED) is 0.635. The molecule has 0 aromatic heterocycles. The van der Waals surface area contributed by atoms with E-state index in [1.54, 1.807) is 18.2 Å². The number of rotatable bonds is 2. The van der Waals surface area contributed by atoms with Crippen molar-refractivity contribution >= 4 is 0 Å². The third kappa shape index (κ3) is 4.98. The van der Waals surface area contributed by atoms with E-state index in [9.17, 15) is 10.2 Å². The molecule has 27 heavy (non-hydrogen) atoms. The normalized spacial score (nSPS) is 19.4. The third-order valence-electron chi connectivity index (χ3n) is 6.27. The van der Waals surface area contributed by atoms with Crippen LogP contribution in [0.1, 0.15) is 82.3 Å². The molecule has 0 atom stereocenters. The average molecular weight is 365 g/mol. The maximum atomic E-state index is 9.77. The minimum Gasteiger partial charge on any atom is -0.508 e. The second-order valence-corrected chi connectivity index (χ2v) is 8.32. The SMILES string of the molecule is CC1CCCCCC(c2c#cc(O)cc2)(c2ccc(O)cc2)CCCCC1. The number of phenols is 1. The molecule has 2 nitrogen and oxygen atoms in total. The summed E-state index contributed by atoms with van der Waals surface area (Å²) in [5.74, 6) is 1.30. The van der Waals surface area contributed by atoms with Crippen molar-refractivity contribution in [1.82, 2.24) is 0 Å². The van der Waals surface area contributed by atoms with Gasteiger partial charge in [0.05, 0.1) is 0 Å². The smallest absolute Gasteiger partial charge is 0.167 e. The number of hydrogen-bond donors (Lipinski definition) is 2. The highest BCUT2D eigenvalue weighted by Gasteiger charge is 2.34. The lowest BCUT2D eigenvalue weighted by atomic mass is 9.68. The summed E-state index contributed by atoms with van der Waals surface area (Å²) in [6.07, 6.45) is 12.3. The second-order valence-electron chi connectivity index (χ2n) is 8.32. The highest BCUT2D eigenvalue weighted by atomic mass is 16.3. The van der Waals surface area contributed by atoms with E-state index in [0.29, 0.717) is 5.75 Å². The van der Waals surface area contributed by atoms with Crippen LogP contribution in [-0.2, 0) is 5.41 Å². The van der Waals surface area contributed by atoms with E-state index in [1.165, 1.54) is 56.9 Å². The van der Waals surface area contributed by atoms with E-state index in [-0.39, 0.29) is 11.2 Å². The number of phenolic OH excluding ortho intramolecular Hbond substituents is 1. The summed E-state index contributed by atoms with van der Waals surface area (Å²) in [6, 6.07) is 17.6. The first-order valence-corrected chi connectivity index (χ1v) is 10.5. The Bertz CT molecular complexity index is 626. The van der Waals surface area contributed by atoms with Gasteiger partial charge in [-0.25, -0.2) is 0 Å². The van der Waals surface area contributed by atoms with E-state index >= 15 is 0 Å². The topological polar surface area (TPSA) is 40.5 Å². The van der Waals surface area contributed by atoms with Gasteiger partial charge in [0.15, 0.2) is 5.75 Å². The largest absolute Gasteiger partial charge is 0.508 e. The molecule has 0 bridgehead atoms. The van der Waals surface area contributed by atoms with Crippen LogP contribution in [0.4, 0.5) is 0 Å². The van der Waals surface area contributed by atoms with Crippen molar-refractivity contribution in [3.63, 3.8) is 0 Å². The first kappa shape index (κ1) is 19.6. The molecule has 0 saturated heterocycles. The van der Waals surface area contributed by atoms with Crippen LogP contribution in [0.5, 0.6) is 11.5 Å². The molecule has 2 aromatic carbocycles. The maximum absolute atomic E-state index is 9.77. The molecule has 0 unspecified atom stereocenters. The lowest BCUT2D eigenvalue weighted by molar-refractivity contribution is 0.361. The van der Waals surface area contributed by atoms with E-state index in [4.69, 9.17) is 0 Å². The van der Waals surface area contributed by atoms with Gasteiger partial charge in [-0.2, -0.15) is 0 Å². The molecule has 0 spiro atoms. The molecular weight excluding hydrogens is 332 g/mol. The monoisotopic (exact) mass is 364 g/mol. The minimum absolute atomic E-state index is 0.122. The first-order chi connectivity index (χ1) is 13.1. The highest BCUT2D eigenvalue weighted by Crippen LogP contribution is 2.42. The fraction of sp³-hybridized carbons (Fsp3) is 0.520. The molecule has 144 valence electrons. The maximum Gasteiger partial charge on any atom is 0.167 e. The Morgan fingerprint density at radius 3 is 1.96 bits per heavy atom. The Hall–Kier alpha value is -2.14. The zero-order valence-electron chi connectivity index (χ0n) is 16.5. The molecule has 2 heteroatoms. The van der Waals surface area contributed by atoms with Crippen molar-refractivity contribution in [3.05, 3.63) is 59.7 Å². The van der Waals surface area contributed by atoms with Gasteiger partial charge in [-0.15, -0.1) is 0 Å². The molecule has 1 saturated carbocycles. The molecule has 0 aliphatic heterocycles. The van der Waals surface area contributed by atoms with Crippen LogP contribution in [0.15, 0.2) is 36.4 Å². The van der Waals surface area contributed by atoms with Crippen molar-refractivity contribution in [1.29, 1.82) is 0 Å². The van der Waals surface area contributed by atoms with E-state index in [0.717, 1.165) is 24.3 Å². The Kier molecular flexibility index (Phi) is 6.67. The van der Waals surface area contributed by atoms with Crippen LogP contribution < -0.4 is 0 Å². The lowest BCUT2D eigenvalue weighted by Gasteiger charge is -2.35. The van der Waals surface area contributed by atoms with Crippen LogP contribution in [0.3, 0.4) is 0 Å². The fourth-order valence-electron chi connectivity index (χ4n) is 4.61. The summed E-state index contributed by atoms with van der Waals surface area (Å²) in [6.45, 7) is 2.40. The second kappa shape index (κ2) is 9.18. The zero-order chi connectivity index (χ0) is 19.1. The molecule has 0 heterocycles. The van der Waals surface area contributed by atoms with E-state index < -0.39 is 0 Å². The van der Waals surface area contributed by atoms with Gasteiger partial charge in [-0.05, 0) is 54.7 Å². The Labute approximate surface area is 164 Å². The van der Waals surface area contributed by atoms with Crippen LogP contribution in [0.2, 0.25) is 0 Å². The Morgan fingerprint density at radius 1 is 0.778 bits per heavy atom. The molecule has 3 rings (SSSR count). The molecule has 0 amide bonds. The van der Waals surface area contributed by atoms with Crippen molar-refractivity contribution < 1.29 is 10.2 Å². The average Bonchev–Trinajstić information content (AvgIpc) is 2.66. The molecule has 1 aliphatic carbocycles. The van der Waals surface area contributed by atoms with Gasteiger partial charge in [0.1, 0.15) is 5.75 Å². The minimum atomic E-state index is -0.122. The van der Waals surface area contributed by atoms with E-state index in [1.807, 2.05) is 6.07 Å². The van der Waals surface area contributed by atoms with Crippen LogP contribution >= 0.6 is 0 Å². The molecule has 2 N–H and O–H groups in total. The van der Waals surface area contributed by atoms with E-state index in [2.05, 4.69) is 31.2 Å². The summed E-state index contributed by atoms with van der Waals surface area (Å²) in [5, 5.41) is 19.5. The van der Waals surface area contributed by atoms with Crippen molar-refractivity contribution in [2.45, 2.75) is 76.5 Å². The highest BCUT2D eigenvalue weighted by molar-refractivity contribution is 5.41. The molecule has 1 fully saturated rings. The van der Waals surface area contributed by atoms with Gasteiger partial charge < -0.3 is 10.2 Å². The number of benzene rings is 1. The molecule has 0 radical (unpaired) electrons. The van der Waals surface area contributed by atoms with Gasteiger partial charge in [0, 0.05) is 11.0 Å². The van der Waals surface area contributed by atoms with Gasteiger partial charge in [-0.1, -0.05) is 76.5 Å². The van der Waals surface area contributed by atoms with Gasteiger partial charge in [0.25, 0.3) is 0 Å². The Balaban J connectivity index is 1.95. The van der Waals surface area contributed by atoms with Crippen molar-refractivity contribution in [2.75, 3.05) is 0 Å². The lowest BCUT2D eigenvalue weighted by Crippen LogP contribution is -2.28. The van der Waals surface area contributed by atoms with Crippen LogP contribution in [0.25, 0.3) is 0 Å². The third-order valence-corrected chi connectivity index (χ3v) is 6.27. The van der Waals surface area contributed by atoms with Gasteiger partial charge in [-0.3, -0.25) is 0 Å². The number of aromatic hydroxyl groups is 2. The first-order valence-electron chi connectivity index (χ1n) is 10.5. The van der Waals surface area contributed by atoms with Crippen molar-refractivity contribution in [2.24, 2.45) is 5.92 Å².